The number of amides is 1. The van der Waals surface area contributed by atoms with E-state index in [1.54, 1.807) is 24.3 Å². The summed E-state index contributed by atoms with van der Waals surface area (Å²) >= 11 is 12.9. The van der Waals surface area contributed by atoms with Crippen LogP contribution in [0.25, 0.3) is 0 Å². The SMILES string of the molecule is COc1cc(C2C3=C(CC(C)(C)CC3=O)OC3=C2C(=O)CC(C)(C)C3)cc(Cl)c1OCC(=O)Nc1ccc(C)c(Cl)c1. The molecule has 0 bridgehead atoms. The summed E-state index contributed by atoms with van der Waals surface area (Å²) in [6.07, 6.45) is 1.87. The predicted molar refractivity (Wildman–Crippen MR) is 162 cm³/mol. The quantitative estimate of drug-likeness (QED) is 0.359. The standard InChI is InChI=1S/C33H35Cl2NO6/c1-17-7-8-19(11-20(17)34)36-27(39)16-41-31-21(35)9-18(10-24(31)40-6)28-29-22(37)12-32(2,3)14-25(29)42-26-15-33(4,5)13-23(38)30(26)28/h7-11,28H,12-16H2,1-6H3,(H,36,39). The highest BCUT2D eigenvalue weighted by atomic mass is 35.5. The van der Waals surface area contributed by atoms with Gasteiger partial charge in [0.15, 0.2) is 29.7 Å². The summed E-state index contributed by atoms with van der Waals surface area (Å²) < 4.78 is 17.8. The van der Waals surface area contributed by atoms with Gasteiger partial charge in [-0.3, -0.25) is 14.4 Å². The van der Waals surface area contributed by atoms with E-state index in [2.05, 4.69) is 5.32 Å². The van der Waals surface area contributed by atoms with Gasteiger partial charge in [0, 0.05) is 53.5 Å². The number of hydrogen-bond donors (Lipinski definition) is 1. The highest BCUT2D eigenvalue weighted by Gasteiger charge is 2.48. The Morgan fingerprint density at radius 3 is 2.07 bits per heavy atom. The molecule has 1 aliphatic heterocycles. The van der Waals surface area contributed by atoms with Crippen LogP contribution in [0.3, 0.4) is 0 Å². The van der Waals surface area contributed by atoms with Gasteiger partial charge in [0.05, 0.1) is 12.1 Å². The fourth-order valence-corrected chi connectivity index (χ4v) is 6.51. The molecule has 1 heterocycles. The molecule has 0 saturated carbocycles. The average molecular weight is 613 g/mol. The van der Waals surface area contributed by atoms with Gasteiger partial charge in [-0.15, -0.1) is 0 Å². The van der Waals surface area contributed by atoms with Crippen molar-refractivity contribution in [2.45, 2.75) is 66.2 Å². The van der Waals surface area contributed by atoms with Crippen LogP contribution < -0.4 is 14.8 Å². The average Bonchev–Trinajstić information content (AvgIpc) is 2.87. The minimum absolute atomic E-state index is 0.0428. The van der Waals surface area contributed by atoms with Crippen molar-refractivity contribution in [2.24, 2.45) is 10.8 Å². The molecule has 1 N–H and O–H groups in total. The summed E-state index contributed by atoms with van der Waals surface area (Å²) in [5, 5.41) is 3.49. The van der Waals surface area contributed by atoms with Crippen LogP contribution in [0.15, 0.2) is 53.0 Å². The molecule has 5 rings (SSSR count). The Balaban J connectivity index is 1.49. The van der Waals surface area contributed by atoms with E-state index < -0.39 is 11.8 Å². The first-order valence-corrected chi connectivity index (χ1v) is 14.7. The lowest BCUT2D eigenvalue weighted by molar-refractivity contribution is -0.120. The van der Waals surface area contributed by atoms with E-state index in [0.29, 0.717) is 64.6 Å². The van der Waals surface area contributed by atoms with Crippen molar-refractivity contribution in [1.82, 2.24) is 0 Å². The summed E-state index contributed by atoms with van der Waals surface area (Å²) in [7, 11) is 1.47. The predicted octanol–water partition coefficient (Wildman–Crippen LogP) is 7.73. The van der Waals surface area contributed by atoms with Gasteiger partial charge < -0.3 is 19.5 Å². The van der Waals surface area contributed by atoms with E-state index in [1.807, 2.05) is 40.7 Å². The lowest BCUT2D eigenvalue weighted by atomic mass is 9.65. The minimum atomic E-state index is -0.633. The van der Waals surface area contributed by atoms with Gasteiger partial charge in [0.1, 0.15) is 11.5 Å². The Morgan fingerprint density at radius 2 is 1.52 bits per heavy atom. The second kappa shape index (κ2) is 11.1. The zero-order valence-corrected chi connectivity index (χ0v) is 26.2. The second-order valence-corrected chi connectivity index (χ2v) is 13.7. The first-order chi connectivity index (χ1) is 19.7. The zero-order chi connectivity index (χ0) is 30.6. The Kier molecular flexibility index (Phi) is 7.96. The zero-order valence-electron chi connectivity index (χ0n) is 24.7. The van der Waals surface area contributed by atoms with Gasteiger partial charge in [-0.1, -0.05) is 57.0 Å². The molecule has 0 saturated heterocycles. The molecule has 7 nitrogen and oxygen atoms in total. The smallest absolute Gasteiger partial charge is 0.262 e. The van der Waals surface area contributed by atoms with Crippen molar-refractivity contribution in [3.8, 4) is 11.5 Å². The van der Waals surface area contributed by atoms with E-state index >= 15 is 0 Å². The van der Waals surface area contributed by atoms with Crippen LogP contribution in [-0.2, 0) is 19.1 Å². The second-order valence-electron chi connectivity index (χ2n) is 12.9. The molecule has 0 spiro atoms. The topological polar surface area (TPSA) is 90.9 Å². The van der Waals surface area contributed by atoms with Gasteiger partial charge in [-0.05, 0) is 53.1 Å². The molecule has 0 atom stereocenters. The van der Waals surface area contributed by atoms with E-state index in [4.69, 9.17) is 37.4 Å². The maximum Gasteiger partial charge on any atom is 0.262 e. The van der Waals surface area contributed by atoms with Gasteiger partial charge in [-0.25, -0.2) is 0 Å². The number of allylic oxidation sites excluding steroid dienone is 4. The van der Waals surface area contributed by atoms with Crippen LogP contribution in [-0.4, -0.2) is 31.2 Å². The minimum Gasteiger partial charge on any atom is -0.493 e. The molecule has 9 heteroatoms. The van der Waals surface area contributed by atoms with Crippen molar-refractivity contribution in [1.29, 1.82) is 0 Å². The number of Topliss-reactive ketones (excluding diaryl/α,β-unsaturated/α-hetero) is 2. The summed E-state index contributed by atoms with van der Waals surface area (Å²) in [4.78, 5) is 39.8. The highest BCUT2D eigenvalue weighted by Crippen LogP contribution is 2.54. The third kappa shape index (κ3) is 5.95. The number of carbonyl (C=O) groups excluding carboxylic acids is 3. The molecule has 2 aromatic rings. The first kappa shape index (κ1) is 30.2. The summed E-state index contributed by atoms with van der Waals surface area (Å²) in [6, 6.07) is 8.64. The Morgan fingerprint density at radius 1 is 0.929 bits per heavy atom. The summed E-state index contributed by atoms with van der Waals surface area (Å²) in [5.41, 5.74) is 2.56. The molecule has 1 amide bonds. The third-order valence-corrected chi connectivity index (χ3v) is 8.66. The van der Waals surface area contributed by atoms with Crippen molar-refractivity contribution in [3.63, 3.8) is 0 Å². The normalized spacial score (nSPS) is 19.6. The molecule has 42 heavy (non-hydrogen) atoms. The number of methoxy groups -OCH3 is 1. The number of anilines is 1. The summed E-state index contributed by atoms with van der Waals surface area (Å²) in [6.45, 7) is 9.72. The molecule has 0 aromatic heterocycles. The van der Waals surface area contributed by atoms with Crippen LogP contribution >= 0.6 is 23.2 Å². The van der Waals surface area contributed by atoms with Crippen LogP contribution in [0.4, 0.5) is 5.69 Å². The van der Waals surface area contributed by atoms with E-state index in [0.717, 1.165) is 5.56 Å². The number of hydrogen-bond acceptors (Lipinski definition) is 6. The Labute approximate surface area is 256 Å². The fourth-order valence-electron chi connectivity index (χ4n) is 6.06. The molecule has 222 valence electrons. The van der Waals surface area contributed by atoms with E-state index in [1.165, 1.54) is 7.11 Å². The van der Waals surface area contributed by atoms with Crippen LogP contribution in [0, 0.1) is 17.8 Å². The monoisotopic (exact) mass is 611 g/mol. The number of benzene rings is 2. The number of aryl methyl sites for hydroxylation is 1. The van der Waals surface area contributed by atoms with Crippen molar-refractivity contribution < 1.29 is 28.6 Å². The molecule has 2 aliphatic carbocycles. The molecular weight excluding hydrogens is 577 g/mol. The molecule has 0 fully saturated rings. The maximum absolute atomic E-state index is 13.6. The van der Waals surface area contributed by atoms with Crippen LogP contribution in [0.2, 0.25) is 10.0 Å². The van der Waals surface area contributed by atoms with Crippen molar-refractivity contribution in [2.75, 3.05) is 19.0 Å². The number of ketones is 2. The third-order valence-electron chi connectivity index (χ3n) is 7.97. The van der Waals surface area contributed by atoms with Crippen molar-refractivity contribution >= 4 is 46.4 Å². The number of nitrogens with one attached hydrogen (secondary N) is 1. The fraction of sp³-hybridized carbons (Fsp3) is 0.424. The lowest BCUT2D eigenvalue weighted by Gasteiger charge is -2.42. The number of carbonyl (C=O) groups is 3. The lowest BCUT2D eigenvalue weighted by Crippen LogP contribution is -2.37. The molecule has 0 unspecified atom stereocenters. The molecule has 3 aliphatic rings. The van der Waals surface area contributed by atoms with E-state index in [9.17, 15) is 14.4 Å². The van der Waals surface area contributed by atoms with Crippen LogP contribution in [0.1, 0.15) is 70.4 Å². The summed E-state index contributed by atoms with van der Waals surface area (Å²) in [5.74, 6) is 0.581. The number of ether oxygens (including phenoxy) is 3. The Bertz CT molecular complexity index is 1520. The highest BCUT2D eigenvalue weighted by molar-refractivity contribution is 6.32. The Hall–Kier alpha value is -3.29. The van der Waals surface area contributed by atoms with Gasteiger partial charge >= 0.3 is 0 Å². The number of rotatable bonds is 6. The molecule has 0 radical (unpaired) electrons. The maximum atomic E-state index is 13.6. The van der Waals surface area contributed by atoms with Gasteiger partial charge in [-0.2, -0.15) is 0 Å². The first-order valence-electron chi connectivity index (χ1n) is 13.9. The van der Waals surface area contributed by atoms with Gasteiger partial charge in [0.25, 0.3) is 5.91 Å². The molecule has 2 aromatic carbocycles. The van der Waals surface area contributed by atoms with Crippen LogP contribution in [0.5, 0.6) is 11.5 Å². The molecular formula is C33H35Cl2NO6. The van der Waals surface area contributed by atoms with Gasteiger partial charge in [0.2, 0.25) is 0 Å². The largest absolute Gasteiger partial charge is 0.493 e. The van der Waals surface area contributed by atoms with E-state index in [-0.39, 0.29) is 45.5 Å². The number of halogens is 2. The van der Waals surface area contributed by atoms with Crippen molar-refractivity contribution in [3.05, 3.63) is 74.2 Å².